The number of hydrogen-bond donors (Lipinski definition) is 1. The minimum atomic E-state index is 0.552. The zero-order valence-electron chi connectivity index (χ0n) is 12.1. The van der Waals surface area contributed by atoms with E-state index in [0.29, 0.717) is 11.8 Å². The summed E-state index contributed by atoms with van der Waals surface area (Å²) in [5.74, 6) is 1.13. The van der Waals surface area contributed by atoms with E-state index in [-0.39, 0.29) is 0 Å². The van der Waals surface area contributed by atoms with Crippen LogP contribution < -0.4 is 5.32 Å². The van der Waals surface area contributed by atoms with Gasteiger partial charge in [-0.15, -0.1) is 21.5 Å². The molecule has 2 heterocycles. The first-order valence-corrected chi connectivity index (χ1v) is 7.79. The second kappa shape index (κ2) is 6.10. The summed E-state index contributed by atoms with van der Waals surface area (Å²) < 4.78 is 5.52. The van der Waals surface area contributed by atoms with Crippen molar-refractivity contribution in [1.29, 1.82) is 0 Å². The van der Waals surface area contributed by atoms with Gasteiger partial charge in [0.2, 0.25) is 11.8 Å². The van der Waals surface area contributed by atoms with Crippen molar-refractivity contribution < 1.29 is 4.42 Å². The molecule has 0 bridgehead atoms. The fourth-order valence-corrected chi connectivity index (χ4v) is 3.02. The summed E-state index contributed by atoms with van der Waals surface area (Å²) in [5.41, 5.74) is 1.94. The predicted octanol–water partition coefficient (Wildman–Crippen LogP) is 4.28. The fourth-order valence-electron chi connectivity index (χ4n) is 2.12. The molecule has 0 saturated heterocycles. The monoisotopic (exact) mass is 299 g/mol. The van der Waals surface area contributed by atoms with Crippen LogP contribution in [0, 0.1) is 6.92 Å². The van der Waals surface area contributed by atoms with Crippen molar-refractivity contribution in [3.63, 3.8) is 0 Å². The molecule has 0 aliphatic heterocycles. The minimum absolute atomic E-state index is 0.552. The third-order valence-electron chi connectivity index (χ3n) is 3.20. The first kappa shape index (κ1) is 13.8. The largest absolute Gasteiger partial charge is 0.421 e. The van der Waals surface area contributed by atoms with Crippen molar-refractivity contribution >= 4 is 17.0 Å². The fraction of sp³-hybridized carbons (Fsp3) is 0.250. The Morgan fingerprint density at radius 3 is 2.62 bits per heavy atom. The highest BCUT2D eigenvalue weighted by atomic mass is 32.1. The van der Waals surface area contributed by atoms with Gasteiger partial charge >= 0.3 is 0 Å². The maximum absolute atomic E-state index is 5.52. The summed E-state index contributed by atoms with van der Waals surface area (Å²) in [5, 5.41) is 11.4. The third-order valence-corrected chi connectivity index (χ3v) is 4.43. The van der Waals surface area contributed by atoms with Crippen molar-refractivity contribution in [3.8, 4) is 11.5 Å². The van der Waals surface area contributed by atoms with Gasteiger partial charge in [0.15, 0.2) is 0 Å². The third kappa shape index (κ3) is 3.13. The van der Waals surface area contributed by atoms with Crippen LogP contribution in [0.3, 0.4) is 0 Å². The van der Waals surface area contributed by atoms with Crippen LogP contribution in [0.5, 0.6) is 0 Å². The molecule has 0 saturated carbocycles. The first-order valence-electron chi connectivity index (χ1n) is 6.97. The van der Waals surface area contributed by atoms with Crippen molar-refractivity contribution in [3.05, 3.63) is 52.0 Å². The molecule has 108 valence electrons. The van der Waals surface area contributed by atoms with Crippen molar-refractivity contribution in [2.75, 3.05) is 5.32 Å². The molecule has 4 nitrogen and oxygen atoms in total. The molecular formula is C16H17N3OS. The molecule has 3 rings (SSSR count). The van der Waals surface area contributed by atoms with Gasteiger partial charge < -0.3 is 9.73 Å². The number of hydrogen-bond acceptors (Lipinski definition) is 5. The highest BCUT2D eigenvalue weighted by Crippen LogP contribution is 2.27. The molecule has 0 fully saturated rings. The first-order chi connectivity index (χ1) is 10.3. The normalized spacial score (nSPS) is 10.8. The van der Waals surface area contributed by atoms with E-state index in [1.807, 2.05) is 35.6 Å². The molecule has 3 aromatic rings. The molecule has 0 amide bonds. The van der Waals surface area contributed by atoms with Crippen molar-refractivity contribution in [2.24, 2.45) is 0 Å². The molecule has 5 heteroatoms. The average Bonchev–Trinajstić information content (AvgIpc) is 3.14. The Kier molecular flexibility index (Phi) is 4.01. The van der Waals surface area contributed by atoms with Crippen molar-refractivity contribution in [2.45, 2.75) is 26.8 Å². The molecule has 2 aromatic heterocycles. The number of rotatable bonds is 5. The molecule has 0 spiro atoms. The SMILES string of the molecule is CCc1ccc(CNc2ccccc2-c2nnc(C)o2)s1. The Morgan fingerprint density at radius 2 is 1.90 bits per heavy atom. The highest BCUT2D eigenvalue weighted by molar-refractivity contribution is 7.12. The average molecular weight is 299 g/mol. The number of aryl methyl sites for hydroxylation is 2. The molecule has 0 aliphatic carbocycles. The van der Waals surface area contributed by atoms with Gasteiger partial charge in [0.25, 0.3) is 0 Å². The van der Waals surface area contributed by atoms with Crippen LogP contribution in [0.15, 0.2) is 40.8 Å². The van der Waals surface area contributed by atoms with Gasteiger partial charge in [0.1, 0.15) is 0 Å². The molecule has 0 unspecified atom stereocenters. The van der Waals surface area contributed by atoms with E-state index in [9.17, 15) is 0 Å². The lowest BCUT2D eigenvalue weighted by molar-refractivity contribution is 0.533. The Hall–Kier alpha value is -2.14. The maximum Gasteiger partial charge on any atom is 0.249 e. The maximum atomic E-state index is 5.52. The molecule has 1 N–H and O–H groups in total. The molecule has 0 aliphatic rings. The lowest BCUT2D eigenvalue weighted by atomic mass is 10.1. The van der Waals surface area contributed by atoms with E-state index in [4.69, 9.17) is 4.42 Å². The molecular weight excluding hydrogens is 282 g/mol. The van der Waals surface area contributed by atoms with Gasteiger partial charge in [-0.3, -0.25) is 0 Å². The summed E-state index contributed by atoms with van der Waals surface area (Å²) >= 11 is 1.84. The second-order valence-electron chi connectivity index (χ2n) is 4.75. The molecule has 0 radical (unpaired) electrons. The van der Waals surface area contributed by atoms with Crippen molar-refractivity contribution in [1.82, 2.24) is 10.2 Å². The van der Waals surface area contributed by atoms with Gasteiger partial charge in [-0.05, 0) is 30.7 Å². The van der Waals surface area contributed by atoms with Crippen LogP contribution in [-0.2, 0) is 13.0 Å². The number of anilines is 1. The summed E-state index contributed by atoms with van der Waals surface area (Å²) in [4.78, 5) is 2.73. The summed E-state index contributed by atoms with van der Waals surface area (Å²) in [7, 11) is 0. The van der Waals surface area contributed by atoms with Gasteiger partial charge in [-0.2, -0.15) is 0 Å². The number of aromatic nitrogens is 2. The van der Waals surface area contributed by atoms with Gasteiger partial charge in [-0.25, -0.2) is 0 Å². The lowest BCUT2D eigenvalue weighted by Crippen LogP contribution is -1.99. The number of nitrogens with one attached hydrogen (secondary N) is 1. The summed E-state index contributed by atoms with van der Waals surface area (Å²) in [6, 6.07) is 12.4. The minimum Gasteiger partial charge on any atom is -0.421 e. The smallest absolute Gasteiger partial charge is 0.249 e. The van der Waals surface area contributed by atoms with Crippen LogP contribution >= 0.6 is 11.3 Å². The quantitative estimate of drug-likeness (QED) is 0.764. The van der Waals surface area contributed by atoms with Crippen LogP contribution in [0.4, 0.5) is 5.69 Å². The summed E-state index contributed by atoms with van der Waals surface area (Å²) in [6.45, 7) is 4.77. The predicted molar refractivity (Wildman–Crippen MR) is 85.5 cm³/mol. The van der Waals surface area contributed by atoms with E-state index < -0.39 is 0 Å². The number of thiophene rings is 1. The second-order valence-corrected chi connectivity index (χ2v) is 6.00. The zero-order chi connectivity index (χ0) is 14.7. The van der Waals surface area contributed by atoms with Crippen LogP contribution in [0.2, 0.25) is 0 Å². The Balaban J connectivity index is 1.79. The van der Waals surface area contributed by atoms with Gasteiger partial charge in [0.05, 0.1) is 5.56 Å². The van der Waals surface area contributed by atoms with Gasteiger partial charge in [0, 0.05) is 28.9 Å². The van der Waals surface area contributed by atoms with E-state index >= 15 is 0 Å². The summed E-state index contributed by atoms with van der Waals surface area (Å²) in [6.07, 6.45) is 1.09. The highest BCUT2D eigenvalue weighted by Gasteiger charge is 2.10. The Labute approximate surface area is 127 Å². The van der Waals surface area contributed by atoms with E-state index in [1.165, 1.54) is 9.75 Å². The Morgan fingerprint density at radius 1 is 1.10 bits per heavy atom. The molecule has 21 heavy (non-hydrogen) atoms. The molecule has 0 atom stereocenters. The van der Waals surface area contributed by atoms with Crippen LogP contribution in [-0.4, -0.2) is 10.2 Å². The zero-order valence-corrected chi connectivity index (χ0v) is 12.9. The number of nitrogens with zero attached hydrogens (tertiary/aromatic N) is 2. The number of para-hydroxylation sites is 1. The van der Waals surface area contributed by atoms with E-state index in [0.717, 1.165) is 24.2 Å². The Bertz CT molecular complexity index is 732. The van der Waals surface area contributed by atoms with Crippen LogP contribution in [0.25, 0.3) is 11.5 Å². The van der Waals surface area contributed by atoms with Gasteiger partial charge in [-0.1, -0.05) is 19.1 Å². The van der Waals surface area contributed by atoms with E-state index in [2.05, 4.69) is 34.6 Å². The number of benzene rings is 1. The van der Waals surface area contributed by atoms with E-state index in [1.54, 1.807) is 6.92 Å². The standard InChI is InChI=1S/C16H17N3OS/c1-3-12-8-9-13(21-12)10-17-15-7-5-4-6-14(15)16-19-18-11(2)20-16/h4-9,17H,3,10H2,1-2H3. The topological polar surface area (TPSA) is 51.0 Å². The lowest BCUT2D eigenvalue weighted by Gasteiger charge is -2.08. The van der Waals surface area contributed by atoms with Crippen LogP contribution in [0.1, 0.15) is 22.6 Å². The molecule has 1 aromatic carbocycles.